The number of anilines is 1. The van der Waals surface area contributed by atoms with E-state index in [0.29, 0.717) is 12.3 Å². The van der Waals surface area contributed by atoms with Crippen molar-refractivity contribution in [3.63, 3.8) is 0 Å². The first-order valence-corrected chi connectivity index (χ1v) is 7.44. The molecule has 0 unspecified atom stereocenters. The van der Waals surface area contributed by atoms with Crippen LogP contribution < -0.4 is 5.32 Å². The number of hydrogen-bond donors (Lipinski definition) is 2. The number of pyridine rings is 1. The molecule has 0 fully saturated rings. The second-order valence-corrected chi connectivity index (χ2v) is 5.52. The smallest absolute Gasteiger partial charge is 0.417 e. The first kappa shape index (κ1) is 19.4. The Kier molecular flexibility index (Phi) is 5.66. The van der Waals surface area contributed by atoms with Crippen LogP contribution in [0.4, 0.5) is 24.5 Å². The molecule has 0 atom stereocenters. The quantitative estimate of drug-likeness (QED) is 0.566. The summed E-state index contributed by atoms with van der Waals surface area (Å²) in [5.74, 6) is -1.07. The summed E-state index contributed by atoms with van der Waals surface area (Å²) in [7, 11) is 0. The van der Waals surface area contributed by atoms with Crippen LogP contribution >= 0.6 is 11.6 Å². The second kappa shape index (κ2) is 7.56. The molecule has 0 spiro atoms. The van der Waals surface area contributed by atoms with Crippen LogP contribution in [0.5, 0.6) is 0 Å². The average molecular weight is 390 g/mol. The summed E-state index contributed by atoms with van der Waals surface area (Å²) in [5.41, 5.74) is -1.24. The van der Waals surface area contributed by atoms with Gasteiger partial charge in [-0.05, 0) is 12.1 Å². The van der Waals surface area contributed by atoms with E-state index in [2.05, 4.69) is 10.3 Å². The monoisotopic (exact) mass is 389 g/mol. The van der Waals surface area contributed by atoms with Crippen LogP contribution in [0.2, 0.25) is 5.02 Å². The highest BCUT2D eigenvalue weighted by atomic mass is 35.5. The van der Waals surface area contributed by atoms with E-state index in [0.717, 1.165) is 6.07 Å². The van der Waals surface area contributed by atoms with Crippen LogP contribution in [0.1, 0.15) is 12.0 Å². The summed E-state index contributed by atoms with van der Waals surface area (Å²) in [4.78, 5) is 24.7. The van der Waals surface area contributed by atoms with Gasteiger partial charge in [-0.15, -0.1) is 0 Å². The van der Waals surface area contributed by atoms with Gasteiger partial charge in [0.05, 0.1) is 27.6 Å². The molecule has 1 aromatic heterocycles. The number of hydrogen-bond acceptors (Lipinski definition) is 5. The van der Waals surface area contributed by atoms with Crippen LogP contribution in [0.15, 0.2) is 30.5 Å². The minimum atomic E-state index is -4.61. The highest BCUT2D eigenvalue weighted by Crippen LogP contribution is 2.36. The van der Waals surface area contributed by atoms with Crippen LogP contribution in [-0.2, 0) is 11.0 Å². The maximum atomic E-state index is 12.7. The van der Waals surface area contributed by atoms with Gasteiger partial charge in [-0.25, -0.2) is 0 Å². The first-order chi connectivity index (χ1) is 12.1. The van der Waals surface area contributed by atoms with Crippen molar-refractivity contribution in [3.05, 3.63) is 51.2 Å². The zero-order valence-electron chi connectivity index (χ0n) is 12.9. The van der Waals surface area contributed by atoms with E-state index in [-0.39, 0.29) is 40.6 Å². The Morgan fingerprint density at radius 2 is 2.04 bits per heavy atom. The number of nitro benzene ring substituents is 1. The summed E-state index contributed by atoms with van der Waals surface area (Å²) in [5, 5.41) is 22.1. The molecule has 0 aliphatic rings. The Hall–Kier alpha value is -2.88. The van der Waals surface area contributed by atoms with E-state index in [4.69, 9.17) is 16.7 Å². The fraction of sp³-hybridized carbons (Fsp3) is 0.200. The molecule has 0 saturated heterocycles. The van der Waals surface area contributed by atoms with Gasteiger partial charge in [-0.2, -0.15) is 13.2 Å². The first-order valence-electron chi connectivity index (χ1n) is 7.07. The average Bonchev–Trinajstić information content (AvgIpc) is 2.53. The fourth-order valence-corrected chi connectivity index (χ4v) is 2.36. The summed E-state index contributed by atoms with van der Waals surface area (Å²) < 4.78 is 38.0. The molecule has 11 heteroatoms. The van der Waals surface area contributed by atoms with Crippen molar-refractivity contribution in [1.82, 2.24) is 4.98 Å². The minimum absolute atomic E-state index is 0.0329. The summed E-state index contributed by atoms with van der Waals surface area (Å²) in [6.45, 7) is -0.0329. The third kappa shape index (κ3) is 4.60. The molecular formula is C15H11ClF3N3O4. The van der Waals surface area contributed by atoms with Crippen molar-refractivity contribution in [2.75, 3.05) is 11.9 Å². The molecule has 7 nitrogen and oxygen atoms in total. The molecule has 0 saturated carbocycles. The Morgan fingerprint density at radius 3 is 2.58 bits per heavy atom. The molecule has 0 aliphatic heterocycles. The summed E-state index contributed by atoms with van der Waals surface area (Å²) >= 11 is 5.85. The fourth-order valence-electron chi connectivity index (χ4n) is 2.09. The number of nitrogens with zero attached hydrogens (tertiary/aromatic N) is 2. The van der Waals surface area contributed by atoms with E-state index in [1.807, 2.05) is 0 Å². The molecule has 2 N–H and O–H groups in total. The molecule has 1 aromatic carbocycles. The van der Waals surface area contributed by atoms with Crippen molar-refractivity contribution < 1.29 is 28.0 Å². The predicted molar refractivity (Wildman–Crippen MR) is 87.1 cm³/mol. The number of carbonyl (C=O) groups is 1. The molecular weight excluding hydrogens is 379 g/mol. The third-order valence-electron chi connectivity index (χ3n) is 3.29. The van der Waals surface area contributed by atoms with Crippen molar-refractivity contribution in [2.45, 2.75) is 12.6 Å². The molecule has 0 bridgehead atoms. The lowest BCUT2D eigenvalue weighted by molar-refractivity contribution is -0.383. The molecule has 0 amide bonds. The molecule has 2 rings (SSSR count). The SMILES string of the molecule is O=C(O)CCNc1ccc(-c2ncc(C(F)(F)F)cc2Cl)cc1[N+](=O)[O-]. The lowest BCUT2D eigenvalue weighted by Crippen LogP contribution is -2.09. The summed E-state index contributed by atoms with van der Waals surface area (Å²) in [6.07, 6.45) is -4.27. The standard InChI is InChI=1S/C15H11ClF3N3O4/c16-10-6-9(15(17,18)19)7-21-14(10)8-1-2-11(12(5-8)22(25)26)20-4-3-13(23)24/h1-2,5-7,20H,3-4H2,(H,23,24). The van der Waals surface area contributed by atoms with Gasteiger partial charge in [0, 0.05) is 24.4 Å². The van der Waals surface area contributed by atoms with Gasteiger partial charge in [0.2, 0.25) is 0 Å². The number of alkyl halides is 3. The number of halogens is 4. The van der Waals surface area contributed by atoms with E-state index in [1.165, 1.54) is 12.1 Å². The van der Waals surface area contributed by atoms with E-state index < -0.39 is 22.6 Å². The van der Waals surface area contributed by atoms with Crippen LogP contribution in [-0.4, -0.2) is 27.5 Å². The number of benzene rings is 1. The zero-order chi connectivity index (χ0) is 19.5. The van der Waals surface area contributed by atoms with Crippen molar-refractivity contribution >= 4 is 28.9 Å². The van der Waals surface area contributed by atoms with Gasteiger partial charge in [-0.1, -0.05) is 17.7 Å². The predicted octanol–water partition coefficient (Wildman–Crippen LogP) is 4.22. The Morgan fingerprint density at radius 1 is 1.35 bits per heavy atom. The number of carboxylic acids is 1. The lowest BCUT2D eigenvalue weighted by Gasteiger charge is -2.11. The molecule has 0 aliphatic carbocycles. The molecule has 26 heavy (non-hydrogen) atoms. The largest absolute Gasteiger partial charge is 0.481 e. The number of carboxylic acid groups (broad SMARTS) is 1. The van der Waals surface area contributed by atoms with E-state index >= 15 is 0 Å². The van der Waals surface area contributed by atoms with Gasteiger partial charge < -0.3 is 10.4 Å². The van der Waals surface area contributed by atoms with Crippen LogP contribution in [0, 0.1) is 10.1 Å². The highest BCUT2D eigenvalue weighted by Gasteiger charge is 2.31. The van der Waals surface area contributed by atoms with E-state index in [1.54, 1.807) is 0 Å². The minimum Gasteiger partial charge on any atom is -0.481 e. The van der Waals surface area contributed by atoms with Crippen LogP contribution in [0.25, 0.3) is 11.3 Å². The van der Waals surface area contributed by atoms with Crippen LogP contribution in [0.3, 0.4) is 0 Å². The molecule has 2 aromatic rings. The zero-order valence-corrected chi connectivity index (χ0v) is 13.6. The second-order valence-electron chi connectivity index (χ2n) is 5.11. The van der Waals surface area contributed by atoms with Crippen molar-refractivity contribution in [1.29, 1.82) is 0 Å². The molecule has 1 heterocycles. The Balaban J connectivity index is 2.37. The lowest BCUT2D eigenvalue weighted by atomic mass is 10.1. The van der Waals surface area contributed by atoms with Gasteiger partial charge in [-0.3, -0.25) is 19.9 Å². The molecule has 0 radical (unpaired) electrons. The number of rotatable bonds is 6. The maximum Gasteiger partial charge on any atom is 0.417 e. The topological polar surface area (TPSA) is 105 Å². The molecule has 138 valence electrons. The maximum absolute atomic E-state index is 12.7. The van der Waals surface area contributed by atoms with Gasteiger partial charge in [0.25, 0.3) is 5.69 Å². The van der Waals surface area contributed by atoms with Crippen molar-refractivity contribution in [2.24, 2.45) is 0 Å². The number of aliphatic carboxylic acids is 1. The van der Waals surface area contributed by atoms with Crippen molar-refractivity contribution in [3.8, 4) is 11.3 Å². The Labute approximate surface area is 149 Å². The van der Waals surface area contributed by atoms with Gasteiger partial charge in [0.1, 0.15) is 5.69 Å². The Bertz CT molecular complexity index is 859. The summed E-state index contributed by atoms with van der Waals surface area (Å²) in [6, 6.07) is 4.49. The van der Waals surface area contributed by atoms with Gasteiger partial charge in [0.15, 0.2) is 0 Å². The van der Waals surface area contributed by atoms with E-state index in [9.17, 15) is 28.1 Å². The number of nitro groups is 1. The van der Waals surface area contributed by atoms with Gasteiger partial charge >= 0.3 is 12.1 Å². The number of aromatic nitrogens is 1. The number of nitrogens with one attached hydrogen (secondary N) is 1. The normalized spacial score (nSPS) is 11.2. The third-order valence-corrected chi connectivity index (χ3v) is 3.58. The highest BCUT2D eigenvalue weighted by molar-refractivity contribution is 6.33.